The largest absolute Gasteiger partial charge is 0.494 e. The number of alkyl halides is 3. The maximum Gasteiger partial charge on any atom is 0.442 e. The molecule has 2 rings (SSSR count). The molecule has 0 bridgehead atoms. The number of methoxy groups -OCH3 is 1. The Kier molecular flexibility index (Phi) is 8.26. The molecule has 5 nitrogen and oxygen atoms in total. The highest BCUT2D eigenvalue weighted by atomic mass is 19.4. The Morgan fingerprint density at radius 3 is 2.18 bits per heavy atom. The van der Waals surface area contributed by atoms with E-state index in [0.717, 1.165) is 51.4 Å². The van der Waals surface area contributed by atoms with Crippen molar-refractivity contribution in [3.8, 4) is 5.75 Å². The zero-order chi connectivity index (χ0) is 20.5. The van der Waals surface area contributed by atoms with Gasteiger partial charge in [0.05, 0.1) is 13.7 Å². The summed E-state index contributed by atoms with van der Waals surface area (Å²) < 4.78 is 49.3. The highest BCUT2D eigenvalue weighted by Crippen LogP contribution is 2.52. The van der Waals surface area contributed by atoms with Gasteiger partial charge in [0, 0.05) is 12.0 Å². The van der Waals surface area contributed by atoms with E-state index in [0.29, 0.717) is 18.8 Å². The van der Waals surface area contributed by atoms with Crippen LogP contribution in [0, 0.1) is 0 Å². The highest BCUT2D eigenvalue weighted by molar-refractivity contribution is 5.68. The van der Waals surface area contributed by atoms with Crippen LogP contribution < -0.4 is 4.74 Å². The molecule has 0 saturated carbocycles. The van der Waals surface area contributed by atoms with Gasteiger partial charge in [-0.15, -0.1) is 10.2 Å². The van der Waals surface area contributed by atoms with Crippen molar-refractivity contribution in [3.63, 3.8) is 0 Å². The SMILES string of the molecule is COC(=O)CCCCCCCCCCOc1cccc(C2(C(F)(F)F)N=N2)c1. The number of unbranched alkanes of at least 4 members (excludes halogenated alkanes) is 7. The van der Waals surface area contributed by atoms with Crippen LogP contribution in [0.15, 0.2) is 34.5 Å². The molecule has 156 valence electrons. The summed E-state index contributed by atoms with van der Waals surface area (Å²) in [6, 6.07) is 5.90. The van der Waals surface area contributed by atoms with Gasteiger partial charge >= 0.3 is 17.8 Å². The van der Waals surface area contributed by atoms with Gasteiger partial charge in [-0.25, -0.2) is 0 Å². The molecule has 1 aliphatic heterocycles. The molecule has 1 aromatic rings. The second-order valence-corrected chi connectivity index (χ2v) is 6.90. The number of carbonyl (C=O) groups is 1. The lowest BCUT2D eigenvalue weighted by Crippen LogP contribution is -2.30. The minimum atomic E-state index is -4.52. The fourth-order valence-electron chi connectivity index (χ4n) is 2.97. The zero-order valence-corrected chi connectivity index (χ0v) is 16.1. The van der Waals surface area contributed by atoms with Crippen LogP contribution in [0.2, 0.25) is 0 Å². The van der Waals surface area contributed by atoms with Gasteiger partial charge in [0.2, 0.25) is 0 Å². The van der Waals surface area contributed by atoms with Gasteiger partial charge < -0.3 is 9.47 Å². The van der Waals surface area contributed by atoms with Crippen LogP contribution in [0.4, 0.5) is 13.2 Å². The first-order valence-corrected chi connectivity index (χ1v) is 9.70. The Bertz CT molecular complexity index is 656. The predicted octanol–water partition coefficient (Wildman–Crippen LogP) is 5.93. The Morgan fingerprint density at radius 2 is 1.61 bits per heavy atom. The maximum absolute atomic E-state index is 13.0. The summed E-state index contributed by atoms with van der Waals surface area (Å²) >= 11 is 0. The Balaban J connectivity index is 1.54. The first-order valence-electron chi connectivity index (χ1n) is 9.70. The summed E-state index contributed by atoms with van der Waals surface area (Å²) in [4.78, 5) is 11.0. The van der Waals surface area contributed by atoms with E-state index in [1.54, 1.807) is 6.07 Å². The minimum absolute atomic E-state index is 0.00954. The van der Waals surface area contributed by atoms with Gasteiger partial charge in [-0.2, -0.15) is 13.2 Å². The van der Waals surface area contributed by atoms with E-state index in [1.165, 1.54) is 25.3 Å². The quantitative estimate of drug-likeness (QED) is 0.305. The van der Waals surface area contributed by atoms with Crippen molar-refractivity contribution >= 4 is 5.97 Å². The molecule has 0 aliphatic carbocycles. The summed E-state index contributed by atoms with van der Waals surface area (Å²) in [5.41, 5.74) is -2.41. The lowest BCUT2D eigenvalue weighted by Gasteiger charge is -2.15. The summed E-state index contributed by atoms with van der Waals surface area (Å²) in [6.45, 7) is 0.468. The predicted molar refractivity (Wildman–Crippen MR) is 98.1 cm³/mol. The first-order chi connectivity index (χ1) is 13.4. The second kappa shape index (κ2) is 10.4. The lowest BCUT2D eigenvalue weighted by molar-refractivity contribution is -0.166. The lowest BCUT2D eigenvalue weighted by atomic mass is 10.0. The average Bonchev–Trinajstić information content (AvgIpc) is 3.48. The Morgan fingerprint density at radius 1 is 1.00 bits per heavy atom. The third-order valence-corrected chi connectivity index (χ3v) is 4.70. The Hall–Kier alpha value is -2.12. The molecule has 0 unspecified atom stereocenters. The van der Waals surface area contributed by atoms with Crippen LogP contribution in [-0.4, -0.2) is 25.9 Å². The minimum Gasteiger partial charge on any atom is -0.494 e. The number of carbonyl (C=O) groups excluding carboxylic acids is 1. The van der Waals surface area contributed by atoms with E-state index in [2.05, 4.69) is 15.0 Å². The monoisotopic (exact) mass is 400 g/mol. The first kappa shape index (κ1) is 22.2. The number of esters is 1. The van der Waals surface area contributed by atoms with Crippen molar-refractivity contribution in [2.75, 3.05) is 13.7 Å². The molecule has 0 aromatic heterocycles. The summed E-state index contributed by atoms with van der Waals surface area (Å²) in [6.07, 6.45) is 4.20. The molecule has 0 fully saturated rings. The molecule has 1 aliphatic rings. The van der Waals surface area contributed by atoms with Crippen molar-refractivity contribution in [1.82, 2.24) is 0 Å². The third-order valence-electron chi connectivity index (χ3n) is 4.70. The molecule has 0 atom stereocenters. The molecular weight excluding hydrogens is 373 g/mol. The zero-order valence-electron chi connectivity index (χ0n) is 16.1. The number of hydrogen-bond acceptors (Lipinski definition) is 5. The van der Waals surface area contributed by atoms with Crippen LogP contribution in [-0.2, 0) is 15.2 Å². The van der Waals surface area contributed by atoms with Crippen LogP contribution >= 0.6 is 0 Å². The van der Waals surface area contributed by atoms with E-state index in [-0.39, 0.29) is 11.5 Å². The van der Waals surface area contributed by atoms with Crippen molar-refractivity contribution in [2.45, 2.75) is 69.6 Å². The van der Waals surface area contributed by atoms with Crippen LogP contribution in [0.5, 0.6) is 5.75 Å². The molecule has 28 heavy (non-hydrogen) atoms. The average molecular weight is 400 g/mol. The van der Waals surface area contributed by atoms with Gasteiger partial charge in [0.15, 0.2) is 0 Å². The number of rotatable bonds is 13. The van der Waals surface area contributed by atoms with Crippen LogP contribution in [0.1, 0.15) is 63.4 Å². The van der Waals surface area contributed by atoms with Gasteiger partial charge in [0.25, 0.3) is 0 Å². The molecule has 0 amide bonds. The van der Waals surface area contributed by atoms with E-state index in [4.69, 9.17) is 4.74 Å². The Labute approximate surface area is 163 Å². The third kappa shape index (κ3) is 6.49. The van der Waals surface area contributed by atoms with Crippen molar-refractivity contribution in [2.24, 2.45) is 10.2 Å². The molecule has 0 radical (unpaired) electrons. The number of hydrogen-bond donors (Lipinski definition) is 0. The number of benzene rings is 1. The van der Waals surface area contributed by atoms with E-state index < -0.39 is 11.8 Å². The summed E-state index contributed by atoms with van der Waals surface area (Å²) in [7, 11) is 1.40. The summed E-state index contributed by atoms with van der Waals surface area (Å²) in [5, 5.41) is 6.42. The number of ether oxygens (including phenoxy) is 2. The molecular formula is C20H27F3N2O3. The normalized spacial score (nSPS) is 14.7. The summed E-state index contributed by atoms with van der Waals surface area (Å²) in [5.74, 6) is 0.254. The second-order valence-electron chi connectivity index (χ2n) is 6.90. The molecule has 8 heteroatoms. The standard InChI is InChI=1S/C20H27F3N2O3/c1-27-18(26)13-8-6-4-2-3-5-7-9-14-28-17-12-10-11-16(15-17)19(24-25-19)20(21,22)23/h10-12,15H,2-9,13-14H2,1H3. The topological polar surface area (TPSA) is 60.2 Å². The van der Waals surface area contributed by atoms with Gasteiger partial charge in [-0.3, -0.25) is 4.79 Å². The van der Waals surface area contributed by atoms with E-state index in [9.17, 15) is 18.0 Å². The fourth-order valence-corrected chi connectivity index (χ4v) is 2.97. The van der Waals surface area contributed by atoms with Gasteiger partial charge in [0.1, 0.15) is 5.75 Å². The molecule has 1 heterocycles. The van der Waals surface area contributed by atoms with Crippen molar-refractivity contribution in [3.05, 3.63) is 29.8 Å². The molecule has 0 spiro atoms. The van der Waals surface area contributed by atoms with Crippen molar-refractivity contribution < 1.29 is 27.4 Å². The maximum atomic E-state index is 13.0. The fraction of sp³-hybridized carbons (Fsp3) is 0.650. The van der Waals surface area contributed by atoms with Gasteiger partial charge in [-0.05, 0) is 25.0 Å². The van der Waals surface area contributed by atoms with Crippen LogP contribution in [0.3, 0.4) is 0 Å². The van der Waals surface area contributed by atoms with Crippen molar-refractivity contribution in [1.29, 1.82) is 0 Å². The van der Waals surface area contributed by atoms with E-state index in [1.807, 2.05) is 0 Å². The number of halogens is 3. The molecule has 0 N–H and O–H groups in total. The highest BCUT2D eigenvalue weighted by Gasteiger charge is 2.65. The van der Waals surface area contributed by atoms with Gasteiger partial charge in [-0.1, -0.05) is 50.7 Å². The molecule has 1 aromatic carbocycles. The molecule has 0 saturated heterocycles. The smallest absolute Gasteiger partial charge is 0.442 e. The van der Waals surface area contributed by atoms with E-state index >= 15 is 0 Å². The number of nitrogens with zero attached hydrogens (tertiary/aromatic N) is 2. The van der Waals surface area contributed by atoms with Crippen LogP contribution in [0.25, 0.3) is 0 Å².